The molecule has 2 bridgehead atoms. The second kappa shape index (κ2) is 8.57. The van der Waals surface area contributed by atoms with Crippen molar-refractivity contribution in [3.8, 4) is 0 Å². The molecule has 5 aliphatic rings. The van der Waals surface area contributed by atoms with Gasteiger partial charge in [0.15, 0.2) is 12.6 Å². The Balaban J connectivity index is 1.65. The standard InChI is InChI=1S/C26H38O8/c1-6-31-23-25(21(28)29-4)12-8-11-24(22(30-5)33-23)18-14-26(32-7-2)17(13-20(27)34-26)15(3)16(18)9-10-19(24)25/h13,15-16,18-19,22-23H,6-12,14H2,1-5H3/t15-,16+,18+,19-,22?,23+,24?,25-,26-/m1/s1. The third-order valence-corrected chi connectivity index (χ3v) is 9.65. The van der Waals surface area contributed by atoms with Gasteiger partial charge in [-0.05, 0) is 63.2 Å². The van der Waals surface area contributed by atoms with Crippen LogP contribution in [0, 0.1) is 34.5 Å². The molecular weight excluding hydrogens is 440 g/mol. The minimum Gasteiger partial charge on any atom is -0.468 e. The van der Waals surface area contributed by atoms with Crippen molar-refractivity contribution in [2.45, 2.75) is 77.7 Å². The Kier molecular flexibility index (Phi) is 6.11. The molecule has 34 heavy (non-hydrogen) atoms. The Morgan fingerprint density at radius 3 is 2.62 bits per heavy atom. The number of hydrogen-bond donors (Lipinski definition) is 0. The molecule has 0 aromatic carbocycles. The Labute approximate surface area is 201 Å². The van der Waals surface area contributed by atoms with E-state index in [0.717, 1.165) is 31.3 Å². The summed E-state index contributed by atoms with van der Waals surface area (Å²) in [7, 11) is 3.13. The van der Waals surface area contributed by atoms with Gasteiger partial charge in [0.25, 0.3) is 0 Å². The van der Waals surface area contributed by atoms with Gasteiger partial charge < -0.3 is 28.4 Å². The van der Waals surface area contributed by atoms with E-state index in [0.29, 0.717) is 32.0 Å². The van der Waals surface area contributed by atoms with E-state index in [4.69, 9.17) is 28.4 Å². The molecule has 3 saturated carbocycles. The summed E-state index contributed by atoms with van der Waals surface area (Å²) in [5.41, 5.74) is -0.368. The van der Waals surface area contributed by atoms with E-state index in [1.54, 1.807) is 13.2 Å². The Morgan fingerprint density at radius 2 is 1.94 bits per heavy atom. The van der Waals surface area contributed by atoms with Gasteiger partial charge in [0, 0.05) is 43.8 Å². The highest BCUT2D eigenvalue weighted by molar-refractivity contribution is 5.86. The van der Waals surface area contributed by atoms with Crippen LogP contribution < -0.4 is 0 Å². The summed E-state index contributed by atoms with van der Waals surface area (Å²) >= 11 is 0. The lowest BCUT2D eigenvalue weighted by molar-refractivity contribution is -0.401. The maximum absolute atomic E-state index is 13.5. The molecule has 8 nitrogen and oxygen atoms in total. The Bertz CT molecular complexity index is 871. The summed E-state index contributed by atoms with van der Waals surface area (Å²) in [5.74, 6) is -1.16. The van der Waals surface area contributed by atoms with Crippen LogP contribution >= 0.6 is 0 Å². The van der Waals surface area contributed by atoms with Gasteiger partial charge in [0.05, 0.1) is 7.11 Å². The summed E-state index contributed by atoms with van der Waals surface area (Å²) in [6.45, 7) is 6.89. The third kappa shape index (κ3) is 2.98. The van der Waals surface area contributed by atoms with Gasteiger partial charge in [0.2, 0.25) is 5.79 Å². The van der Waals surface area contributed by atoms with Gasteiger partial charge in [-0.15, -0.1) is 0 Å². The van der Waals surface area contributed by atoms with Crippen molar-refractivity contribution in [3.63, 3.8) is 0 Å². The number of carbonyl (C=O) groups excluding carboxylic acids is 2. The lowest BCUT2D eigenvalue weighted by Crippen LogP contribution is -2.72. The van der Waals surface area contributed by atoms with E-state index < -0.39 is 29.2 Å². The number of fused-ring (bicyclic) bond motifs is 2. The van der Waals surface area contributed by atoms with E-state index in [2.05, 4.69) is 6.92 Å². The molecule has 2 heterocycles. The average molecular weight is 479 g/mol. The van der Waals surface area contributed by atoms with Crippen molar-refractivity contribution in [3.05, 3.63) is 11.6 Å². The summed E-state index contributed by atoms with van der Waals surface area (Å²) in [5, 5.41) is 0. The molecule has 8 heteroatoms. The Morgan fingerprint density at radius 1 is 1.15 bits per heavy atom. The van der Waals surface area contributed by atoms with Crippen molar-refractivity contribution in [1.82, 2.24) is 0 Å². The monoisotopic (exact) mass is 478 g/mol. The van der Waals surface area contributed by atoms with Crippen LogP contribution in [0.2, 0.25) is 0 Å². The number of ether oxygens (including phenoxy) is 6. The molecule has 4 fully saturated rings. The van der Waals surface area contributed by atoms with Crippen LogP contribution in [0.25, 0.3) is 0 Å². The van der Waals surface area contributed by atoms with Crippen molar-refractivity contribution >= 4 is 11.9 Å². The van der Waals surface area contributed by atoms with Crippen LogP contribution in [0.3, 0.4) is 0 Å². The Hall–Kier alpha value is -1.48. The van der Waals surface area contributed by atoms with Crippen LogP contribution in [0.4, 0.5) is 0 Å². The van der Waals surface area contributed by atoms with Crippen LogP contribution in [0.5, 0.6) is 0 Å². The van der Waals surface area contributed by atoms with E-state index in [-0.39, 0.29) is 29.7 Å². The van der Waals surface area contributed by atoms with Crippen molar-refractivity contribution in [2.75, 3.05) is 27.4 Å². The van der Waals surface area contributed by atoms with Crippen LogP contribution in [-0.4, -0.2) is 57.7 Å². The predicted octanol–water partition coefficient (Wildman–Crippen LogP) is 3.58. The second-order valence-electron chi connectivity index (χ2n) is 10.6. The van der Waals surface area contributed by atoms with E-state index in [9.17, 15) is 9.59 Å². The lowest BCUT2D eigenvalue weighted by Gasteiger charge is -2.68. The lowest BCUT2D eigenvalue weighted by atomic mass is 9.40. The quantitative estimate of drug-likeness (QED) is 0.535. The van der Waals surface area contributed by atoms with Crippen molar-refractivity contribution < 1.29 is 38.0 Å². The molecule has 0 radical (unpaired) electrons. The molecule has 0 aromatic rings. The first kappa shape index (κ1) is 24.2. The molecule has 0 amide bonds. The van der Waals surface area contributed by atoms with Gasteiger partial charge >= 0.3 is 11.9 Å². The molecule has 5 rings (SSSR count). The van der Waals surface area contributed by atoms with Gasteiger partial charge in [-0.3, -0.25) is 4.79 Å². The minimum absolute atomic E-state index is 0.0220. The fraction of sp³-hybridized carbons (Fsp3) is 0.846. The van der Waals surface area contributed by atoms with Crippen molar-refractivity contribution in [1.29, 1.82) is 0 Å². The zero-order chi connectivity index (χ0) is 24.3. The highest BCUT2D eigenvalue weighted by atomic mass is 16.8. The van der Waals surface area contributed by atoms with E-state index >= 15 is 0 Å². The summed E-state index contributed by atoms with van der Waals surface area (Å²) in [6, 6.07) is 0. The highest BCUT2D eigenvalue weighted by Gasteiger charge is 2.75. The topological polar surface area (TPSA) is 89.5 Å². The molecule has 190 valence electrons. The first-order valence-corrected chi connectivity index (χ1v) is 12.8. The van der Waals surface area contributed by atoms with Gasteiger partial charge in [-0.2, -0.15) is 0 Å². The zero-order valence-electron chi connectivity index (χ0n) is 21.0. The molecule has 3 aliphatic carbocycles. The van der Waals surface area contributed by atoms with Crippen LogP contribution in [0.15, 0.2) is 11.6 Å². The molecule has 0 N–H and O–H groups in total. The summed E-state index contributed by atoms with van der Waals surface area (Å²) in [4.78, 5) is 26.0. The maximum Gasteiger partial charge on any atom is 0.333 e. The first-order valence-electron chi connectivity index (χ1n) is 12.8. The first-order chi connectivity index (χ1) is 16.3. The number of rotatable bonds is 6. The van der Waals surface area contributed by atoms with E-state index in [1.165, 1.54) is 7.11 Å². The van der Waals surface area contributed by atoms with Crippen LogP contribution in [0.1, 0.15) is 59.3 Å². The number of esters is 2. The zero-order valence-corrected chi connectivity index (χ0v) is 21.0. The van der Waals surface area contributed by atoms with Gasteiger partial charge in [0.1, 0.15) is 5.41 Å². The summed E-state index contributed by atoms with van der Waals surface area (Å²) in [6.07, 6.45) is 5.12. The largest absolute Gasteiger partial charge is 0.468 e. The highest BCUT2D eigenvalue weighted by Crippen LogP contribution is 2.72. The fourth-order valence-electron chi connectivity index (χ4n) is 8.68. The molecule has 2 aliphatic heterocycles. The van der Waals surface area contributed by atoms with Gasteiger partial charge in [-0.1, -0.05) is 13.3 Å². The second-order valence-corrected chi connectivity index (χ2v) is 10.6. The fourth-order valence-corrected chi connectivity index (χ4v) is 8.68. The van der Waals surface area contributed by atoms with Crippen LogP contribution in [-0.2, 0) is 38.0 Å². The third-order valence-electron chi connectivity index (χ3n) is 9.65. The summed E-state index contributed by atoms with van der Waals surface area (Å²) < 4.78 is 36.2. The smallest absolute Gasteiger partial charge is 0.333 e. The number of methoxy groups -OCH3 is 2. The number of hydrogen-bond acceptors (Lipinski definition) is 8. The SMILES string of the molecule is CCO[C@H]1OC(OC)C23CCC[C@]1(C(=O)OC)[C@@H]2CC[C@H]1[C@@H](C)C2=CC(=O)O[C@]2(OCC)C[C@@H]13. The molecule has 2 unspecified atom stereocenters. The predicted molar refractivity (Wildman–Crippen MR) is 120 cm³/mol. The average Bonchev–Trinajstić information content (AvgIpc) is 3.16. The molecule has 1 saturated heterocycles. The molecule has 9 atom stereocenters. The molecule has 0 aromatic heterocycles. The minimum atomic E-state index is -1.05. The van der Waals surface area contributed by atoms with E-state index in [1.807, 2.05) is 13.8 Å². The van der Waals surface area contributed by atoms with Gasteiger partial charge in [-0.25, -0.2) is 4.79 Å². The molecule has 0 spiro atoms. The van der Waals surface area contributed by atoms with Crippen molar-refractivity contribution in [2.24, 2.45) is 34.5 Å². The maximum atomic E-state index is 13.5. The molecular formula is C26H38O8. The number of carbonyl (C=O) groups is 2. The normalized spacial score (nSPS) is 47.1.